The summed E-state index contributed by atoms with van der Waals surface area (Å²) in [6, 6.07) is 5.61. The second-order valence-corrected chi connectivity index (χ2v) is 5.82. The van der Waals surface area contributed by atoms with Gasteiger partial charge in [-0.05, 0) is 42.8 Å². The molecule has 0 saturated carbocycles. The van der Waals surface area contributed by atoms with E-state index in [1.165, 1.54) is 0 Å². The molecule has 0 aliphatic carbocycles. The zero-order chi connectivity index (χ0) is 16.1. The van der Waals surface area contributed by atoms with E-state index in [2.05, 4.69) is 9.97 Å². The number of halogens is 1. The van der Waals surface area contributed by atoms with Crippen LogP contribution in [-0.2, 0) is 12.8 Å². The van der Waals surface area contributed by atoms with Crippen molar-refractivity contribution in [3.8, 4) is 5.75 Å². The summed E-state index contributed by atoms with van der Waals surface area (Å²) in [5.41, 5.74) is 2.35. The minimum Gasteiger partial charge on any atom is -0.492 e. The SMILES string of the molecule is CCCOc1ccc(Cc2c(CC)[nH]c(=S)[nH]c2=O)cc1Cl. The van der Waals surface area contributed by atoms with Gasteiger partial charge in [-0.15, -0.1) is 0 Å². The van der Waals surface area contributed by atoms with Crippen molar-refractivity contribution in [1.82, 2.24) is 9.97 Å². The Bertz CT molecular complexity index is 767. The average Bonchev–Trinajstić information content (AvgIpc) is 2.48. The lowest BCUT2D eigenvalue weighted by molar-refractivity contribution is 0.317. The van der Waals surface area contributed by atoms with E-state index in [9.17, 15) is 4.79 Å². The minimum atomic E-state index is -0.150. The first kappa shape index (κ1) is 16.8. The van der Waals surface area contributed by atoms with E-state index in [0.29, 0.717) is 40.6 Å². The topological polar surface area (TPSA) is 57.9 Å². The van der Waals surface area contributed by atoms with Gasteiger partial charge in [0.05, 0.1) is 11.6 Å². The highest BCUT2D eigenvalue weighted by molar-refractivity contribution is 7.71. The number of hydrogen-bond acceptors (Lipinski definition) is 3. The zero-order valence-corrected chi connectivity index (χ0v) is 14.2. The van der Waals surface area contributed by atoms with Crippen LogP contribution in [-0.4, -0.2) is 16.6 Å². The Morgan fingerprint density at radius 3 is 2.68 bits per heavy atom. The van der Waals surface area contributed by atoms with Gasteiger partial charge < -0.3 is 9.72 Å². The van der Waals surface area contributed by atoms with Crippen molar-refractivity contribution in [2.24, 2.45) is 0 Å². The number of aromatic amines is 2. The Labute approximate surface area is 139 Å². The van der Waals surface area contributed by atoms with Crippen LogP contribution in [0.3, 0.4) is 0 Å². The van der Waals surface area contributed by atoms with E-state index in [-0.39, 0.29) is 5.56 Å². The summed E-state index contributed by atoms with van der Waals surface area (Å²) >= 11 is 11.2. The number of nitrogens with one attached hydrogen (secondary N) is 2. The monoisotopic (exact) mass is 338 g/mol. The zero-order valence-electron chi connectivity index (χ0n) is 12.7. The normalized spacial score (nSPS) is 10.7. The molecule has 2 rings (SSSR count). The second-order valence-electron chi connectivity index (χ2n) is 5.01. The molecule has 0 aliphatic heterocycles. The van der Waals surface area contributed by atoms with Crippen LogP contribution in [0.25, 0.3) is 0 Å². The molecule has 0 atom stereocenters. The number of benzene rings is 1. The highest BCUT2D eigenvalue weighted by atomic mass is 35.5. The van der Waals surface area contributed by atoms with Crippen LogP contribution >= 0.6 is 23.8 Å². The maximum absolute atomic E-state index is 12.1. The molecular weight excluding hydrogens is 320 g/mol. The lowest BCUT2D eigenvalue weighted by atomic mass is 10.0. The Kier molecular flexibility index (Phi) is 5.80. The van der Waals surface area contributed by atoms with Gasteiger partial charge in [0, 0.05) is 17.7 Å². The molecule has 0 fully saturated rings. The third kappa shape index (κ3) is 3.99. The number of aromatic nitrogens is 2. The molecule has 0 amide bonds. The molecule has 0 unspecified atom stereocenters. The van der Waals surface area contributed by atoms with E-state index >= 15 is 0 Å². The Morgan fingerprint density at radius 1 is 1.27 bits per heavy atom. The molecule has 0 aliphatic rings. The molecule has 0 spiro atoms. The summed E-state index contributed by atoms with van der Waals surface area (Å²) in [6.07, 6.45) is 2.14. The molecule has 2 N–H and O–H groups in total. The number of rotatable bonds is 6. The van der Waals surface area contributed by atoms with E-state index in [1.807, 2.05) is 32.0 Å². The van der Waals surface area contributed by atoms with Gasteiger partial charge in [-0.1, -0.05) is 31.5 Å². The predicted molar refractivity (Wildman–Crippen MR) is 91.7 cm³/mol. The molecule has 1 aromatic carbocycles. The first-order chi connectivity index (χ1) is 10.5. The van der Waals surface area contributed by atoms with Crippen molar-refractivity contribution < 1.29 is 4.74 Å². The lowest BCUT2D eigenvalue weighted by Crippen LogP contribution is -2.18. The van der Waals surface area contributed by atoms with Crippen molar-refractivity contribution in [3.05, 3.63) is 55.2 Å². The molecule has 1 aromatic heterocycles. The fourth-order valence-electron chi connectivity index (χ4n) is 2.24. The molecule has 4 nitrogen and oxygen atoms in total. The quantitative estimate of drug-likeness (QED) is 0.782. The van der Waals surface area contributed by atoms with Crippen molar-refractivity contribution in [2.45, 2.75) is 33.1 Å². The largest absolute Gasteiger partial charge is 0.492 e. The first-order valence-corrected chi connectivity index (χ1v) is 8.09. The smallest absolute Gasteiger partial charge is 0.255 e. The number of ether oxygens (including phenoxy) is 1. The summed E-state index contributed by atoms with van der Waals surface area (Å²) < 4.78 is 5.91. The lowest BCUT2D eigenvalue weighted by Gasteiger charge is -2.10. The summed E-state index contributed by atoms with van der Waals surface area (Å²) in [4.78, 5) is 17.8. The predicted octanol–water partition coefficient (Wildman–Crippen LogP) is 4.03. The van der Waals surface area contributed by atoms with Gasteiger partial charge in [0.2, 0.25) is 0 Å². The van der Waals surface area contributed by atoms with E-state index in [0.717, 1.165) is 17.7 Å². The summed E-state index contributed by atoms with van der Waals surface area (Å²) in [5, 5.41) is 0.560. The summed E-state index contributed by atoms with van der Waals surface area (Å²) in [7, 11) is 0. The van der Waals surface area contributed by atoms with Gasteiger partial charge in [0.15, 0.2) is 4.77 Å². The van der Waals surface area contributed by atoms with Crippen LogP contribution in [0.2, 0.25) is 5.02 Å². The first-order valence-electron chi connectivity index (χ1n) is 7.30. The molecular formula is C16H19ClN2O2S. The molecule has 2 aromatic rings. The molecule has 0 radical (unpaired) electrons. The van der Waals surface area contributed by atoms with Crippen LogP contribution < -0.4 is 10.3 Å². The van der Waals surface area contributed by atoms with E-state index in [1.54, 1.807) is 0 Å². The number of H-pyrrole nitrogens is 2. The summed E-state index contributed by atoms with van der Waals surface area (Å²) in [6.45, 7) is 4.66. The highest BCUT2D eigenvalue weighted by Gasteiger charge is 2.10. The molecule has 0 saturated heterocycles. The minimum absolute atomic E-state index is 0.150. The van der Waals surface area contributed by atoms with E-state index < -0.39 is 0 Å². The summed E-state index contributed by atoms with van der Waals surface area (Å²) in [5.74, 6) is 0.671. The van der Waals surface area contributed by atoms with Gasteiger partial charge in [-0.25, -0.2) is 0 Å². The highest BCUT2D eigenvalue weighted by Crippen LogP contribution is 2.26. The van der Waals surface area contributed by atoms with E-state index in [4.69, 9.17) is 28.6 Å². The maximum Gasteiger partial charge on any atom is 0.255 e. The fraction of sp³-hybridized carbons (Fsp3) is 0.375. The van der Waals surface area contributed by atoms with Crippen LogP contribution in [0, 0.1) is 4.77 Å². The van der Waals surface area contributed by atoms with Crippen molar-refractivity contribution in [2.75, 3.05) is 6.61 Å². The molecule has 22 heavy (non-hydrogen) atoms. The Morgan fingerprint density at radius 2 is 2.05 bits per heavy atom. The second kappa shape index (κ2) is 7.61. The Balaban J connectivity index is 2.30. The molecule has 0 bridgehead atoms. The third-order valence-corrected chi connectivity index (χ3v) is 3.82. The van der Waals surface area contributed by atoms with Gasteiger partial charge in [-0.3, -0.25) is 9.78 Å². The maximum atomic E-state index is 12.1. The van der Waals surface area contributed by atoms with Crippen LogP contribution in [0.15, 0.2) is 23.0 Å². The van der Waals surface area contributed by atoms with Gasteiger partial charge >= 0.3 is 0 Å². The van der Waals surface area contributed by atoms with Crippen molar-refractivity contribution in [1.29, 1.82) is 0 Å². The third-order valence-electron chi connectivity index (χ3n) is 3.32. The number of hydrogen-bond donors (Lipinski definition) is 2. The number of aryl methyl sites for hydroxylation is 1. The van der Waals surface area contributed by atoms with Crippen LogP contribution in [0.5, 0.6) is 5.75 Å². The van der Waals surface area contributed by atoms with Gasteiger partial charge in [0.25, 0.3) is 5.56 Å². The molecule has 118 valence electrons. The fourth-order valence-corrected chi connectivity index (χ4v) is 2.71. The Hall–Kier alpha value is -1.59. The van der Waals surface area contributed by atoms with Crippen molar-refractivity contribution in [3.63, 3.8) is 0 Å². The van der Waals surface area contributed by atoms with Crippen LogP contribution in [0.1, 0.15) is 37.1 Å². The van der Waals surface area contributed by atoms with Crippen LogP contribution in [0.4, 0.5) is 0 Å². The average molecular weight is 339 g/mol. The van der Waals surface area contributed by atoms with Gasteiger partial charge in [0.1, 0.15) is 5.75 Å². The van der Waals surface area contributed by atoms with Gasteiger partial charge in [-0.2, -0.15) is 0 Å². The molecule has 1 heterocycles. The standard InChI is InChI=1S/C16H19ClN2O2S/c1-3-7-21-14-6-5-10(9-12(14)17)8-11-13(4-2)18-16(22)19-15(11)20/h5-6,9H,3-4,7-8H2,1-2H3,(H2,18,19,20,22). The molecule has 6 heteroatoms. The van der Waals surface area contributed by atoms with Crippen molar-refractivity contribution >= 4 is 23.8 Å².